The summed E-state index contributed by atoms with van der Waals surface area (Å²) in [5, 5.41) is 0.780. The first-order chi connectivity index (χ1) is 11.2. The van der Waals surface area contributed by atoms with Gasteiger partial charge in [-0.3, -0.25) is 0 Å². The summed E-state index contributed by atoms with van der Waals surface area (Å²) in [6.45, 7) is 2.06. The van der Waals surface area contributed by atoms with Crippen molar-refractivity contribution in [3.05, 3.63) is 81.7 Å². The number of carbonyl (C=O) groups is 1. The molecule has 0 fully saturated rings. The summed E-state index contributed by atoms with van der Waals surface area (Å²) in [7, 11) is 0. The van der Waals surface area contributed by atoms with E-state index in [0.717, 1.165) is 17.4 Å². The van der Waals surface area contributed by atoms with E-state index in [9.17, 15) is 9.59 Å². The Hall–Kier alpha value is -2.88. The van der Waals surface area contributed by atoms with Crippen LogP contribution in [0.5, 0.6) is 0 Å². The van der Waals surface area contributed by atoms with Crippen molar-refractivity contribution in [1.82, 2.24) is 0 Å². The van der Waals surface area contributed by atoms with Crippen LogP contribution in [-0.2, 0) is 17.8 Å². The van der Waals surface area contributed by atoms with Crippen molar-refractivity contribution < 1.29 is 13.9 Å². The number of fused-ring (bicyclic) bond motifs is 1. The van der Waals surface area contributed by atoms with Gasteiger partial charge < -0.3 is 9.15 Å². The highest BCUT2D eigenvalue weighted by Gasteiger charge is 2.10. The molecule has 0 aliphatic carbocycles. The van der Waals surface area contributed by atoms with E-state index in [4.69, 9.17) is 9.15 Å². The van der Waals surface area contributed by atoms with Gasteiger partial charge in [0.1, 0.15) is 12.2 Å². The Balaban J connectivity index is 1.88. The van der Waals surface area contributed by atoms with E-state index in [1.165, 1.54) is 6.07 Å². The molecular formula is C19H16O4. The molecule has 0 atom stereocenters. The molecule has 0 aliphatic heterocycles. The molecule has 3 rings (SSSR count). The Morgan fingerprint density at radius 3 is 2.61 bits per heavy atom. The highest BCUT2D eigenvalue weighted by atomic mass is 16.5. The van der Waals surface area contributed by atoms with Crippen molar-refractivity contribution in [3.63, 3.8) is 0 Å². The molecule has 0 saturated heterocycles. The number of aryl methyl sites for hydroxylation is 1. The maximum Gasteiger partial charge on any atom is 0.338 e. The molecular weight excluding hydrogens is 292 g/mol. The van der Waals surface area contributed by atoms with Gasteiger partial charge in [-0.05, 0) is 30.2 Å². The molecule has 2 aromatic carbocycles. The number of hydrogen-bond acceptors (Lipinski definition) is 4. The fraction of sp³-hybridized carbons (Fsp3) is 0.158. The van der Waals surface area contributed by atoms with E-state index in [-0.39, 0.29) is 6.61 Å². The first-order valence-electron chi connectivity index (χ1n) is 7.45. The lowest BCUT2D eigenvalue weighted by atomic mass is 10.1. The molecule has 116 valence electrons. The fourth-order valence-electron chi connectivity index (χ4n) is 2.41. The Kier molecular flexibility index (Phi) is 4.24. The number of rotatable bonds is 4. The van der Waals surface area contributed by atoms with E-state index < -0.39 is 11.6 Å². The van der Waals surface area contributed by atoms with Crippen LogP contribution in [0.15, 0.2) is 63.8 Å². The third kappa shape index (κ3) is 3.31. The quantitative estimate of drug-likeness (QED) is 0.544. The number of benzene rings is 2. The molecule has 23 heavy (non-hydrogen) atoms. The summed E-state index contributed by atoms with van der Waals surface area (Å²) in [6.07, 6.45) is 0.854. The zero-order chi connectivity index (χ0) is 16.2. The second kappa shape index (κ2) is 6.48. The minimum absolute atomic E-state index is 0.0291. The van der Waals surface area contributed by atoms with Crippen molar-refractivity contribution in [2.24, 2.45) is 0 Å². The third-order valence-electron chi connectivity index (χ3n) is 3.67. The third-order valence-corrected chi connectivity index (χ3v) is 3.67. The molecule has 0 N–H and O–H groups in total. The molecule has 3 aromatic rings. The Morgan fingerprint density at radius 2 is 1.87 bits per heavy atom. The lowest BCUT2D eigenvalue weighted by molar-refractivity contribution is 0.0474. The summed E-state index contributed by atoms with van der Waals surface area (Å²) in [6, 6.07) is 15.8. The van der Waals surface area contributed by atoms with E-state index in [2.05, 4.69) is 0 Å². The second-order valence-electron chi connectivity index (χ2n) is 5.22. The minimum Gasteiger partial charge on any atom is -0.457 e. The van der Waals surface area contributed by atoms with Gasteiger partial charge in [-0.2, -0.15) is 0 Å². The van der Waals surface area contributed by atoms with Crippen LogP contribution >= 0.6 is 0 Å². The van der Waals surface area contributed by atoms with Gasteiger partial charge >= 0.3 is 11.6 Å². The minimum atomic E-state index is -0.448. The molecule has 1 heterocycles. The topological polar surface area (TPSA) is 56.5 Å². The molecule has 0 spiro atoms. The van der Waals surface area contributed by atoms with Gasteiger partial charge in [0.15, 0.2) is 0 Å². The SMILES string of the molecule is CCc1ccc2c(COC(=O)c3ccccc3)cc(=O)oc2c1. The van der Waals surface area contributed by atoms with E-state index in [1.54, 1.807) is 24.3 Å². The monoisotopic (exact) mass is 308 g/mol. The molecule has 0 amide bonds. The lowest BCUT2D eigenvalue weighted by Gasteiger charge is -2.08. The molecule has 0 radical (unpaired) electrons. The van der Waals surface area contributed by atoms with E-state index in [0.29, 0.717) is 16.7 Å². The first kappa shape index (κ1) is 15.0. The zero-order valence-corrected chi connectivity index (χ0v) is 12.7. The molecule has 1 aromatic heterocycles. The summed E-state index contributed by atoms with van der Waals surface area (Å²) >= 11 is 0. The second-order valence-corrected chi connectivity index (χ2v) is 5.22. The Labute approximate surface area is 133 Å². The van der Waals surface area contributed by atoms with Crippen LogP contribution < -0.4 is 5.63 Å². The number of carbonyl (C=O) groups excluding carboxylic acids is 1. The van der Waals surface area contributed by atoms with Crippen molar-refractivity contribution in [2.45, 2.75) is 20.0 Å². The summed E-state index contributed by atoms with van der Waals surface area (Å²) in [4.78, 5) is 23.7. The Bertz CT molecular complexity index is 894. The molecule has 4 heteroatoms. The molecule has 0 unspecified atom stereocenters. The van der Waals surface area contributed by atoms with Crippen LogP contribution in [0.1, 0.15) is 28.4 Å². The predicted octanol–water partition coefficient (Wildman–Crippen LogP) is 3.71. The number of ether oxygens (including phenoxy) is 1. The first-order valence-corrected chi connectivity index (χ1v) is 7.45. The van der Waals surface area contributed by atoms with Crippen LogP contribution in [0.3, 0.4) is 0 Å². The molecule has 0 bridgehead atoms. The summed E-state index contributed by atoms with van der Waals surface area (Å²) in [5.74, 6) is -0.419. The van der Waals surface area contributed by atoms with Crippen LogP contribution in [-0.4, -0.2) is 5.97 Å². The van der Waals surface area contributed by atoms with Gasteiger partial charge in [0.05, 0.1) is 5.56 Å². The summed E-state index contributed by atoms with van der Waals surface area (Å²) in [5.41, 5.74) is 2.27. The van der Waals surface area contributed by atoms with E-state index >= 15 is 0 Å². The van der Waals surface area contributed by atoms with Crippen LogP contribution in [0.2, 0.25) is 0 Å². The maximum absolute atomic E-state index is 12.0. The van der Waals surface area contributed by atoms with Gasteiger partial charge in [0.2, 0.25) is 0 Å². The van der Waals surface area contributed by atoms with Crippen molar-refractivity contribution >= 4 is 16.9 Å². The van der Waals surface area contributed by atoms with Gasteiger partial charge in [-0.1, -0.05) is 37.3 Å². The summed E-state index contributed by atoms with van der Waals surface area (Å²) < 4.78 is 10.6. The van der Waals surface area contributed by atoms with Gasteiger partial charge in [0, 0.05) is 17.0 Å². The Morgan fingerprint density at radius 1 is 1.09 bits per heavy atom. The molecule has 0 saturated carbocycles. The van der Waals surface area contributed by atoms with Crippen LogP contribution in [0.25, 0.3) is 11.0 Å². The lowest BCUT2D eigenvalue weighted by Crippen LogP contribution is -2.08. The predicted molar refractivity (Wildman–Crippen MR) is 87.4 cm³/mol. The zero-order valence-electron chi connectivity index (χ0n) is 12.7. The van der Waals surface area contributed by atoms with E-state index in [1.807, 2.05) is 31.2 Å². The molecule has 0 aliphatic rings. The standard InChI is InChI=1S/C19H16O4/c1-2-13-8-9-16-15(11-18(20)23-17(16)10-13)12-22-19(21)14-6-4-3-5-7-14/h3-11H,2,12H2,1H3. The maximum atomic E-state index is 12.0. The smallest absolute Gasteiger partial charge is 0.338 e. The highest BCUT2D eigenvalue weighted by Crippen LogP contribution is 2.20. The highest BCUT2D eigenvalue weighted by molar-refractivity contribution is 5.89. The van der Waals surface area contributed by atoms with Crippen molar-refractivity contribution in [3.8, 4) is 0 Å². The van der Waals surface area contributed by atoms with Gasteiger partial charge in [0.25, 0.3) is 0 Å². The largest absolute Gasteiger partial charge is 0.457 e. The van der Waals surface area contributed by atoms with Crippen molar-refractivity contribution in [2.75, 3.05) is 0 Å². The van der Waals surface area contributed by atoms with Crippen LogP contribution in [0, 0.1) is 0 Å². The average molecular weight is 308 g/mol. The number of hydrogen-bond donors (Lipinski definition) is 0. The fourth-order valence-corrected chi connectivity index (χ4v) is 2.41. The van der Waals surface area contributed by atoms with Gasteiger partial charge in [-0.15, -0.1) is 0 Å². The molecule has 4 nitrogen and oxygen atoms in total. The normalized spacial score (nSPS) is 10.7. The number of esters is 1. The average Bonchev–Trinajstić information content (AvgIpc) is 2.59. The van der Waals surface area contributed by atoms with Gasteiger partial charge in [-0.25, -0.2) is 9.59 Å². The van der Waals surface area contributed by atoms with Crippen molar-refractivity contribution in [1.29, 1.82) is 0 Å². The van der Waals surface area contributed by atoms with Crippen LogP contribution in [0.4, 0.5) is 0 Å².